The van der Waals surface area contributed by atoms with Crippen LogP contribution in [-0.4, -0.2) is 12.2 Å². The highest BCUT2D eigenvalue weighted by Crippen LogP contribution is 2.29. The second-order valence-electron chi connectivity index (χ2n) is 3.85. The zero-order valence-corrected chi connectivity index (χ0v) is 9.70. The molecule has 0 fully saturated rings. The summed E-state index contributed by atoms with van der Waals surface area (Å²) in [6.45, 7) is 1.82. The predicted molar refractivity (Wildman–Crippen MR) is 64.8 cm³/mol. The zero-order chi connectivity index (χ0) is 12.4. The van der Waals surface area contributed by atoms with Crippen LogP contribution >= 0.6 is 0 Å². The molecule has 0 heterocycles. The first-order valence-electron chi connectivity index (χ1n) is 5.25. The molecule has 1 N–H and O–H groups in total. The first-order valence-corrected chi connectivity index (χ1v) is 5.25. The SMILES string of the molecule is COc1cc(-c2ccc(C)c(O)c2)ccc1F. The maximum absolute atomic E-state index is 13.3. The fourth-order valence-electron chi connectivity index (χ4n) is 1.63. The van der Waals surface area contributed by atoms with E-state index in [1.807, 2.05) is 19.1 Å². The van der Waals surface area contributed by atoms with Crippen molar-refractivity contribution < 1.29 is 14.2 Å². The molecule has 0 radical (unpaired) electrons. The van der Waals surface area contributed by atoms with Crippen LogP contribution in [0.1, 0.15) is 5.56 Å². The Bertz CT molecular complexity index is 550. The smallest absolute Gasteiger partial charge is 0.165 e. The minimum atomic E-state index is -0.396. The summed E-state index contributed by atoms with van der Waals surface area (Å²) in [5, 5.41) is 9.64. The van der Waals surface area contributed by atoms with Crippen molar-refractivity contribution in [2.24, 2.45) is 0 Å². The Balaban J connectivity index is 2.49. The first kappa shape index (κ1) is 11.5. The van der Waals surface area contributed by atoms with Crippen LogP contribution < -0.4 is 4.74 Å². The number of hydrogen-bond acceptors (Lipinski definition) is 2. The van der Waals surface area contributed by atoms with E-state index in [2.05, 4.69) is 0 Å². The lowest BCUT2D eigenvalue weighted by molar-refractivity contribution is 0.387. The normalized spacial score (nSPS) is 10.3. The van der Waals surface area contributed by atoms with Crippen LogP contribution in [0.15, 0.2) is 36.4 Å². The molecular formula is C14H13FO2. The molecule has 0 saturated carbocycles. The molecule has 3 heteroatoms. The summed E-state index contributed by atoms with van der Waals surface area (Å²) < 4.78 is 18.2. The summed E-state index contributed by atoms with van der Waals surface area (Å²) in [4.78, 5) is 0. The highest BCUT2D eigenvalue weighted by atomic mass is 19.1. The lowest BCUT2D eigenvalue weighted by Gasteiger charge is -2.07. The van der Waals surface area contributed by atoms with Crippen molar-refractivity contribution in [1.82, 2.24) is 0 Å². The predicted octanol–water partition coefficient (Wildman–Crippen LogP) is 3.52. The van der Waals surface area contributed by atoms with Gasteiger partial charge in [0, 0.05) is 0 Å². The third-order valence-corrected chi connectivity index (χ3v) is 2.69. The largest absolute Gasteiger partial charge is 0.508 e. The molecule has 17 heavy (non-hydrogen) atoms. The Labute approximate surface area is 99.3 Å². The topological polar surface area (TPSA) is 29.5 Å². The van der Waals surface area contributed by atoms with Gasteiger partial charge < -0.3 is 9.84 Å². The summed E-state index contributed by atoms with van der Waals surface area (Å²) in [6.07, 6.45) is 0. The molecule has 0 amide bonds. The highest BCUT2D eigenvalue weighted by molar-refractivity contribution is 5.67. The van der Waals surface area contributed by atoms with Crippen LogP contribution in [0.3, 0.4) is 0 Å². The highest BCUT2D eigenvalue weighted by Gasteiger charge is 2.06. The number of rotatable bonds is 2. The Kier molecular flexibility index (Phi) is 3.00. The van der Waals surface area contributed by atoms with E-state index >= 15 is 0 Å². The molecule has 0 aromatic heterocycles. The van der Waals surface area contributed by atoms with E-state index in [-0.39, 0.29) is 11.5 Å². The van der Waals surface area contributed by atoms with Gasteiger partial charge in [-0.25, -0.2) is 4.39 Å². The first-order chi connectivity index (χ1) is 8.11. The van der Waals surface area contributed by atoms with E-state index in [1.165, 1.54) is 13.2 Å². The third-order valence-electron chi connectivity index (χ3n) is 2.69. The zero-order valence-electron chi connectivity index (χ0n) is 9.70. The maximum Gasteiger partial charge on any atom is 0.165 e. The third kappa shape index (κ3) is 2.23. The van der Waals surface area contributed by atoms with Crippen molar-refractivity contribution in [3.8, 4) is 22.6 Å². The Morgan fingerprint density at radius 2 is 1.71 bits per heavy atom. The Morgan fingerprint density at radius 3 is 2.35 bits per heavy atom. The lowest BCUT2D eigenvalue weighted by Crippen LogP contribution is -1.89. The Morgan fingerprint density at radius 1 is 1.06 bits per heavy atom. The van der Waals surface area contributed by atoms with Crippen LogP contribution in [0.25, 0.3) is 11.1 Å². The van der Waals surface area contributed by atoms with Crippen LogP contribution in [0, 0.1) is 12.7 Å². The number of halogens is 1. The van der Waals surface area contributed by atoms with Crippen molar-refractivity contribution >= 4 is 0 Å². The summed E-state index contributed by atoms with van der Waals surface area (Å²) in [6, 6.07) is 9.97. The van der Waals surface area contributed by atoms with Gasteiger partial charge in [-0.3, -0.25) is 0 Å². The number of aryl methyl sites for hydroxylation is 1. The molecule has 0 atom stereocenters. The van der Waals surface area contributed by atoms with Gasteiger partial charge in [0.25, 0.3) is 0 Å². The average molecular weight is 232 g/mol. The maximum atomic E-state index is 13.3. The van der Waals surface area contributed by atoms with Crippen LogP contribution in [-0.2, 0) is 0 Å². The van der Waals surface area contributed by atoms with E-state index in [0.717, 1.165) is 16.7 Å². The fraction of sp³-hybridized carbons (Fsp3) is 0.143. The van der Waals surface area contributed by atoms with Crippen molar-refractivity contribution in [2.45, 2.75) is 6.92 Å². The summed E-state index contributed by atoms with van der Waals surface area (Å²) in [5.41, 5.74) is 2.44. The number of methoxy groups -OCH3 is 1. The van der Waals surface area contributed by atoms with E-state index in [1.54, 1.807) is 18.2 Å². The van der Waals surface area contributed by atoms with Crippen molar-refractivity contribution in [1.29, 1.82) is 0 Å². The molecule has 0 bridgehead atoms. The van der Waals surface area contributed by atoms with E-state index in [0.29, 0.717) is 0 Å². The van der Waals surface area contributed by atoms with Gasteiger partial charge in [0.15, 0.2) is 11.6 Å². The number of ether oxygens (including phenoxy) is 1. The quantitative estimate of drug-likeness (QED) is 0.858. The van der Waals surface area contributed by atoms with Crippen LogP contribution in [0.4, 0.5) is 4.39 Å². The van der Waals surface area contributed by atoms with Gasteiger partial charge in [-0.2, -0.15) is 0 Å². The van der Waals surface area contributed by atoms with E-state index < -0.39 is 5.82 Å². The number of hydrogen-bond donors (Lipinski definition) is 1. The summed E-state index contributed by atoms with van der Waals surface area (Å²) in [5.74, 6) is 0.0286. The molecular weight excluding hydrogens is 219 g/mol. The van der Waals surface area contributed by atoms with Crippen molar-refractivity contribution in [3.63, 3.8) is 0 Å². The van der Waals surface area contributed by atoms with Gasteiger partial charge in [-0.1, -0.05) is 18.2 Å². The van der Waals surface area contributed by atoms with Crippen molar-refractivity contribution in [2.75, 3.05) is 7.11 Å². The van der Waals surface area contributed by atoms with Gasteiger partial charge in [-0.05, 0) is 41.8 Å². The summed E-state index contributed by atoms with van der Waals surface area (Å²) >= 11 is 0. The second kappa shape index (κ2) is 4.45. The molecule has 0 unspecified atom stereocenters. The monoisotopic (exact) mass is 232 g/mol. The number of phenolic OH excluding ortho intramolecular Hbond substituents is 1. The number of phenols is 1. The van der Waals surface area contributed by atoms with E-state index in [9.17, 15) is 9.50 Å². The standard InChI is InChI=1S/C14H13FO2/c1-9-3-4-10(7-13(9)16)11-5-6-12(15)14(8-11)17-2/h3-8,16H,1-2H3. The minimum absolute atomic E-state index is 0.197. The molecule has 2 aromatic carbocycles. The van der Waals surface area contributed by atoms with E-state index in [4.69, 9.17) is 4.74 Å². The molecule has 0 aliphatic heterocycles. The number of benzene rings is 2. The van der Waals surface area contributed by atoms with Gasteiger partial charge in [0.05, 0.1) is 7.11 Å². The average Bonchev–Trinajstić information content (AvgIpc) is 2.33. The molecule has 2 nitrogen and oxygen atoms in total. The summed E-state index contributed by atoms with van der Waals surface area (Å²) in [7, 11) is 1.43. The van der Waals surface area contributed by atoms with Crippen LogP contribution in [0.2, 0.25) is 0 Å². The van der Waals surface area contributed by atoms with Gasteiger partial charge >= 0.3 is 0 Å². The number of aromatic hydroxyl groups is 1. The second-order valence-corrected chi connectivity index (χ2v) is 3.85. The lowest BCUT2D eigenvalue weighted by atomic mass is 10.0. The van der Waals surface area contributed by atoms with Crippen molar-refractivity contribution in [3.05, 3.63) is 47.8 Å². The van der Waals surface area contributed by atoms with Crippen LogP contribution in [0.5, 0.6) is 11.5 Å². The van der Waals surface area contributed by atoms with Gasteiger partial charge in [0.2, 0.25) is 0 Å². The molecule has 88 valence electrons. The molecule has 0 saturated heterocycles. The molecule has 0 spiro atoms. The molecule has 0 aliphatic carbocycles. The van der Waals surface area contributed by atoms with Gasteiger partial charge in [-0.15, -0.1) is 0 Å². The molecule has 2 aromatic rings. The fourth-order valence-corrected chi connectivity index (χ4v) is 1.63. The minimum Gasteiger partial charge on any atom is -0.508 e. The molecule has 2 rings (SSSR count). The molecule has 0 aliphatic rings. The van der Waals surface area contributed by atoms with Gasteiger partial charge in [0.1, 0.15) is 5.75 Å². The Hall–Kier alpha value is -2.03.